The van der Waals surface area contributed by atoms with Crippen molar-refractivity contribution in [2.75, 3.05) is 0 Å². The molecule has 2 aromatic rings. The number of aromatic nitrogens is 1. The summed E-state index contributed by atoms with van der Waals surface area (Å²) in [6.07, 6.45) is 1.31. The van der Waals surface area contributed by atoms with Crippen LogP contribution in [0.25, 0.3) is 11.3 Å². The lowest BCUT2D eigenvalue weighted by Gasteiger charge is -2.05. The number of halogens is 1. The van der Waals surface area contributed by atoms with Gasteiger partial charge < -0.3 is 5.21 Å². The fourth-order valence-electron chi connectivity index (χ4n) is 1.46. The predicted molar refractivity (Wildman–Crippen MR) is 62.5 cm³/mol. The van der Waals surface area contributed by atoms with Gasteiger partial charge in [-0.1, -0.05) is 11.6 Å². The first-order chi connectivity index (χ1) is 8.09. The van der Waals surface area contributed by atoms with Crippen LogP contribution in [0.4, 0.5) is 5.69 Å². The molecule has 1 heterocycles. The molecule has 0 aliphatic heterocycles. The van der Waals surface area contributed by atoms with E-state index in [-0.39, 0.29) is 11.4 Å². The highest BCUT2D eigenvalue weighted by atomic mass is 35.5. The van der Waals surface area contributed by atoms with Gasteiger partial charge in [0, 0.05) is 24.3 Å². The lowest BCUT2D eigenvalue weighted by molar-refractivity contribution is -0.593. The van der Waals surface area contributed by atoms with Gasteiger partial charge in [0.1, 0.15) is 0 Å². The van der Waals surface area contributed by atoms with Gasteiger partial charge in [-0.3, -0.25) is 10.1 Å². The van der Waals surface area contributed by atoms with E-state index >= 15 is 0 Å². The van der Waals surface area contributed by atoms with Crippen LogP contribution in [0.1, 0.15) is 0 Å². The van der Waals surface area contributed by atoms with Crippen LogP contribution >= 0.6 is 11.6 Å². The molecule has 1 aromatic carbocycles. The van der Waals surface area contributed by atoms with Crippen LogP contribution in [0.5, 0.6) is 0 Å². The second-order valence-electron chi connectivity index (χ2n) is 3.33. The largest absolute Gasteiger partial charge is 0.618 e. The molecule has 0 amide bonds. The molecule has 0 radical (unpaired) electrons. The summed E-state index contributed by atoms with van der Waals surface area (Å²) in [6.45, 7) is 0. The van der Waals surface area contributed by atoms with E-state index < -0.39 is 4.92 Å². The molecule has 17 heavy (non-hydrogen) atoms. The number of non-ortho nitro benzene ring substituents is 1. The topological polar surface area (TPSA) is 70.1 Å². The third-order valence-corrected chi connectivity index (χ3v) is 2.59. The van der Waals surface area contributed by atoms with Crippen molar-refractivity contribution in [2.24, 2.45) is 0 Å². The van der Waals surface area contributed by atoms with E-state index in [1.54, 1.807) is 18.2 Å². The van der Waals surface area contributed by atoms with Gasteiger partial charge in [0.2, 0.25) is 5.69 Å². The molecule has 0 atom stereocenters. The van der Waals surface area contributed by atoms with Crippen LogP contribution in [0.3, 0.4) is 0 Å². The summed E-state index contributed by atoms with van der Waals surface area (Å²) in [7, 11) is 0. The molecule has 0 bridgehead atoms. The Morgan fingerprint density at radius 1 is 1.24 bits per heavy atom. The van der Waals surface area contributed by atoms with Crippen LogP contribution in [-0.2, 0) is 0 Å². The van der Waals surface area contributed by atoms with Gasteiger partial charge in [-0.25, -0.2) is 0 Å². The van der Waals surface area contributed by atoms with Gasteiger partial charge in [-0.15, -0.1) is 0 Å². The van der Waals surface area contributed by atoms with Crippen LogP contribution in [-0.4, -0.2) is 4.92 Å². The number of nitro benzene ring substituents is 1. The summed E-state index contributed by atoms with van der Waals surface area (Å²) in [5.74, 6) is 0. The molecule has 0 N–H and O–H groups in total. The van der Waals surface area contributed by atoms with E-state index in [1.807, 2.05) is 0 Å². The monoisotopic (exact) mass is 250 g/mol. The van der Waals surface area contributed by atoms with E-state index in [9.17, 15) is 15.3 Å². The van der Waals surface area contributed by atoms with Crippen molar-refractivity contribution in [2.45, 2.75) is 0 Å². The quantitative estimate of drug-likeness (QED) is 0.356. The predicted octanol–water partition coefficient (Wildman–Crippen LogP) is 2.55. The Labute approximate surface area is 102 Å². The van der Waals surface area contributed by atoms with Crippen LogP contribution in [0.15, 0.2) is 42.6 Å². The van der Waals surface area contributed by atoms with Crippen LogP contribution in [0, 0.1) is 15.3 Å². The molecule has 2 rings (SSSR count). The number of hydrogen-bond acceptors (Lipinski definition) is 3. The van der Waals surface area contributed by atoms with Crippen molar-refractivity contribution < 1.29 is 9.65 Å². The number of nitro groups is 1. The van der Waals surface area contributed by atoms with Gasteiger partial charge >= 0.3 is 0 Å². The molecule has 0 fully saturated rings. The van der Waals surface area contributed by atoms with E-state index in [1.165, 1.54) is 24.4 Å². The first kappa shape index (κ1) is 11.3. The molecule has 0 spiro atoms. The van der Waals surface area contributed by atoms with E-state index in [0.29, 0.717) is 15.3 Å². The highest BCUT2D eigenvalue weighted by Crippen LogP contribution is 2.29. The first-order valence-electron chi connectivity index (χ1n) is 4.72. The van der Waals surface area contributed by atoms with Crippen molar-refractivity contribution in [3.05, 3.63) is 62.9 Å². The highest BCUT2D eigenvalue weighted by Gasteiger charge is 2.16. The van der Waals surface area contributed by atoms with Crippen molar-refractivity contribution in [1.82, 2.24) is 0 Å². The minimum absolute atomic E-state index is 0.103. The van der Waals surface area contributed by atoms with Crippen molar-refractivity contribution in [3.8, 4) is 11.3 Å². The maximum absolute atomic E-state index is 11.5. The Morgan fingerprint density at radius 2 is 2.00 bits per heavy atom. The zero-order chi connectivity index (χ0) is 12.4. The van der Waals surface area contributed by atoms with Gasteiger partial charge in [0.15, 0.2) is 6.20 Å². The smallest absolute Gasteiger partial charge is 0.270 e. The second kappa shape index (κ2) is 4.39. The molecule has 0 saturated carbocycles. The zero-order valence-electron chi connectivity index (χ0n) is 8.54. The van der Waals surface area contributed by atoms with Gasteiger partial charge in [-0.05, 0) is 12.1 Å². The summed E-state index contributed by atoms with van der Waals surface area (Å²) in [6, 6.07) is 8.77. The van der Waals surface area contributed by atoms with E-state index in [4.69, 9.17) is 11.6 Å². The van der Waals surface area contributed by atoms with Crippen molar-refractivity contribution in [3.63, 3.8) is 0 Å². The van der Waals surface area contributed by atoms with Gasteiger partial charge in [-0.2, -0.15) is 4.73 Å². The Balaban J connectivity index is 2.63. The fourth-order valence-corrected chi connectivity index (χ4v) is 1.67. The van der Waals surface area contributed by atoms with E-state index in [2.05, 4.69) is 0 Å². The second-order valence-corrected chi connectivity index (χ2v) is 3.74. The Bertz CT molecular complexity index is 587. The number of pyridine rings is 1. The summed E-state index contributed by atoms with van der Waals surface area (Å²) in [4.78, 5) is 10.1. The molecule has 0 aliphatic rings. The molecular weight excluding hydrogens is 244 g/mol. The van der Waals surface area contributed by atoms with Gasteiger partial charge in [0.05, 0.1) is 15.5 Å². The van der Waals surface area contributed by atoms with Crippen LogP contribution < -0.4 is 4.73 Å². The van der Waals surface area contributed by atoms with Crippen molar-refractivity contribution >= 4 is 17.3 Å². The Kier molecular flexibility index (Phi) is 2.93. The van der Waals surface area contributed by atoms with Crippen molar-refractivity contribution in [1.29, 1.82) is 0 Å². The molecule has 6 heteroatoms. The summed E-state index contributed by atoms with van der Waals surface area (Å²) >= 11 is 5.93. The molecule has 1 aromatic heterocycles. The normalized spacial score (nSPS) is 10.2. The van der Waals surface area contributed by atoms with Crippen LogP contribution in [0.2, 0.25) is 5.02 Å². The SMILES string of the molecule is O=[N+]([O-])c1ccc(Cl)c(-c2cccc[n+]2[O-])c1. The molecule has 0 saturated heterocycles. The molecular formula is C11H7ClN2O3. The minimum Gasteiger partial charge on any atom is -0.618 e. The third-order valence-electron chi connectivity index (χ3n) is 2.26. The summed E-state index contributed by atoms with van der Waals surface area (Å²) in [5, 5.41) is 22.5. The summed E-state index contributed by atoms with van der Waals surface area (Å²) < 4.78 is 0.616. The van der Waals surface area contributed by atoms with E-state index in [0.717, 1.165) is 0 Å². The average Bonchev–Trinajstić information content (AvgIpc) is 2.30. The number of benzene rings is 1. The summed E-state index contributed by atoms with van der Waals surface area (Å²) in [5.41, 5.74) is 0.519. The standard InChI is InChI=1S/C11H7ClN2O3/c12-10-5-4-8(14(16)17)7-9(10)11-3-1-2-6-13(11)15/h1-7H. The maximum atomic E-state index is 11.5. The fraction of sp³-hybridized carbons (Fsp3) is 0. The maximum Gasteiger partial charge on any atom is 0.270 e. The average molecular weight is 251 g/mol. The molecule has 0 aliphatic carbocycles. The minimum atomic E-state index is -0.530. The lowest BCUT2D eigenvalue weighted by atomic mass is 10.1. The molecule has 5 nitrogen and oxygen atoms in total. The molecule has 0 unspecified atom stereocenters. The number of rotatable bonds is 2. The van der Waals surface area contributed by atoms with Gasteiger partial charge in [0.25, 0.3) is 5.69 Å². The number of nitrogens with zero attached hydrogens (tertiary/aromatic N) is 2. The zero-order valence-corrected chi connectivity index (χ0v) is 9.29. The Morgan fingerprint density at radius 3 is 2.65 bits per heavy atom. The first-order valence-corrected chi connectivity index (χ1v) is 5.10. The third kappa shape index (κ3) is 2.19. The number of hydrogen-bond donors (Lipinski definition) is 0. The highest BCUT2D eigenvalue weighted by molar-refractivity contribution is 6.33. The Hall–Kier alpha value is -2.14. The molecule has 86 valence electrons. The lowest BCUT2D eigenvalue weighted by Crippen LogP contribution is -2.27.